The summed E-state index contributed by atoms with van der Waals surface area (Å²) in [5.74, 6) is -1.43. The number of fused-ring (bicyclic) bond motifs is 3. The summed E-state index contributed by atoms with van der Waals surface area (Å²) in [4.78, 5) is 41.0. The van der Waals surface area contributed by atoms with E-state index in [-0.39, 0.29) is 22.6 Å². The summed E-state index contributed by atoms with van der Waals surface area (Å²) in [5, 5.41) is 3.70. The van der Waals surface area contributed by atoms with Crippen molar-refractivity contribution in [2.75, 3.05) is 0 Å². The minimum absolute atomic E-state index is 0.164. The Bertz CT molecular complexity index is 1400. The molecule has 2 N–H and O–H groups in total. The fourth-order valence-electron chi connectivity index (χ4n) is 4.71. The van der Waals surface area contributed by atoms with E-state index in [2.05, 4.69) is 39.3 Å². The number of amides is 2. The third-order valence-electron chi connectivity index (χ3n) is 6.01. The second-order valence-corrected chi connectivity index (χ2v) is 9.98. The molecule has 8 heteroatoms. The third kappa shape index (κ3) is 2.90. The highest BCUT2D eigenvalue weighted by molar-refractivity contribution is 8.00. The van der Waals surface area contributed by atoms with Gasteiger partial charge in [0.15, 0.2) is 0 Å². The normalized spacial score (nSPS) is 22.4. The first kappa shape index (κ1) is 18.7. The van der Waals surface area contributed by atoms with Crippen LogP contribution in [0.3, 0.4) is 0 Å². The molecule has 1 fully saturated rings. The molecule has 0 bridgehead atoms. The lowest BCUT2D eigenvalue weighted by Gasteiger charge is -2.29. The number of benzene rings is 2. The van der Waals surface area contributed by atoms with Crippen LogP contribution < -0.4 is 10.2 Å². The number of imide groups is 1. The fraction of sp³-hybridized carbons (Fsp3) is 0.174. The first-order valence-electron chi connectivity index (χ1n) is 9.96. The molecular formula is C23H17N3O3S2. The Kier molecular flexibility index (Phi) is 4.19. The molecule has 154 valence electrons. The Morgan fingerprint density at radius 3 is 2.55 bits per heavy atom. The van der Waals surface area contributed by atoms with E-state index in [1.165, 1.54) is 17.3 Å². The maximum Gasteiger partial charge on any atom is 0.305 e. The van der Waals surface area contributed by atoms with Crippen LogP contribution in [0.15, 0.2) is 70.6 Å². The number of nitrogens with zero attached hydrogens (tertiary/aromatic N) is 1. The van der Waals surface area contributed by atoms with Gasteiger partial charge >= 0.3 is 4.87 Å². The first-order chi connectivity index (χ1) is 15.1. The van der Waals surface area contributed by atoms with E-state index in [1.807, 2.05) is 36.4 Å². The molecule has 4 heterocycles. The minimum Gasteiger partial charge on any atom is -0.343 e. The highest BCUT2D eigenvalue weighted by Gasteiger charge is 2.52. The van der Waals surface area contributed by atoms with E-state index < -0.39 is 11.2 Å². The Balaban J connectivity index is 1.56. The van der Waals surface area contributed by atoms with Crippen molar-refractivity contribution < 1.29 is 9.59 Å². The molecule has 2 aromatic heterocycles. The van der Waals surface area contributed by atoms with Crippen molar-refractivity contribution >= 4 is 45.8 Å². The van der Waals surface area contributed by atoms with Gasteiger partial charge in [0.2, 0.25) is 11.8 Å². The summed E-state index contributed by atoms with van der Waals surface area (Å²) >= 11 is 2.42. The molecule has 0 unspecified atom stereocenters. The van der Waals surface area contributed by atoms with Crippen molar-refractivity contribution in [3.05, 3.63) is 86.5 Å². The van der Waals surface area contributed by atoms with Crippen molar-refractivity contribution in [3.63, 3.8) is 0 Å². The molecule has 0 aliphatic carbocycles. The van der Waals surface area contributed by atoms with E-state index in [4.69, 9.17) is 0 Å². The average molecular weight is 448 g/mol. The summed E-state index contributed by atoms with van der Waals surface area (Å²) in [5.41, 5.74) is 3.21. The number of aromatic nitrogens is 2. The van der Waals surface area contributed by atoms with Gasteiger partial charge in [-0.2, -0.15) is 0 Å². The number of thioether (sulfide) groups is 1. The Morgan fingerprint density at radius 1 is 0.935 bits per heavy atom. The molecule has 2 amide bonds. The Morgan fingerprint density at radius 2 is 1.71 bits per heavy atom. The average Bonchev–Trinajstić information content (AvgIpc) is 3.41. The second kappa shape index (κ2) is 6.96. The van der Waals surface area contributed by atoms with Gasteiger partial charge in [0.25, 0.3) is 0 Å². The highest BCUT2D eigenvalue weighted by Crippen LogP contribution is 2.52. The zero-order chi connectivity index (χ0) is 21.1. The molecule has 0 radical (unpaired) electrons. The molecule has 2 aliphatic rings. The molecule has 31 heavy (non-hydrogen) atoms. The summed E-state index contributed by atoms with van der Waals surface area (Å²) in [6.45, 7) is 0.693. The number of thiazole rings is 1. The second-order valence-electron chi connectivity index (χ2n) is 7.82. The predicted molar refractivity (Wildman–Crippen MR) is 121 cm³/mol. The van der Waals surface area contributed by atoms with Gasteiger partial charge in [-0.15, -0.1) is 0 Å². The van der Waals surface area contributed by atoms with Crippen LogP contribution in [0.25, 0.3) is 10.9 Å². The number of carbonyl (C=O) groups is 2. The monoisotopic (exact) mass is 447 g/mol. The minimum atomic E-state index is -0.536. The molecule has 0 spiro atoms. The molecule has 4 aromatic rings. The number of H-pyrrole nitrogens is 1. The van der Waals surface area contributed by atoms with Gasteiger partial charge in [-0.05, 0) is 17.2 Å². The summed E-state index contributed by atoms with van der Waals surface area (Å²) in [6, 6.07) is 18.3. The third-order valence-corrected chi connectivity index (χ3v) is 8.43. The molecule has 1 saturated heterocycles. The number of hydrogen-bond donors (Lipinski definition) is 2. The van der Waals surface area contributed by atoms with Crippen LogP contribution in [0, 0.1) is 5.92 Å². The van der Waals surface area contributed by atoms with Crippen LogP contribution >= 0.6 is 23.1 Å². The molecule has 2 aromatic carbocycles. The summed E-state index contributed by atoms with van der Waals surface area (Å²) in [6.07, 6.45) is 2.08. The van der Waals surface area contributed by atoms with Crippen LogP contribution in [0.5, 0.6) is 0 Å². The quantitative estimate of drug-likeness (QED) is 0.472. The summed E-state index contributed by atoms with van der Waals surface area (Å²) < 4.78 is 2.18. The number of hydrogen-bond acceptors (Lipinski definition) is 5. The van der Waals surface area contributed by atoms with Crippen molar-refractivity contribution in [1.82, 2.24) is 14.9 Å². The lowest BCUT2D eigenvalue weighted by molar-refractivity contribution is -0.125. The standard InChI is InChI=1S/C23H17N3O3S2/c27-20-17-16(19-22(25-23(29)31-19)30-18(17)21(28)24-20)14-11-26(10-12-6-2-1-3-7-12)15-9-5-4-8-13(14)15/h1-9,11,16-18H,10H2,(H,25,29)(H,24,27,28)/t16-,17-,18+/m0/s1. The number of carbonyl (C=O) groups excluding carboxylic acids is 2. The zero-order valence-electron chi connectivity index (χ0n) is 16.2. The maximum atomic E-state index is 12.8. The van der Waals surface area contributed by atoms with Crippen molar-refractivity contribution in [3.8, 4) is 0 Å². The van der Waals surface area contributed by atoms with Gasteiger partial charge in [-0.1, -0.05) is 71.6 Å². The van der Waals surface area contributed by atoms with Crippen molar-refractivity contribution in [2.45, 2.75) is 22.7 Å². The molecule has 2 aliphatic heterocycles. The van der Waals surface area contributed by atoms with E-state index >= 15 is 0 Å². The van der Waals surface area contributed by atoms with E-state index in [1.54, 1.807) is 0 Å². The van der Waals surface area contributed by atoms with Crippen LogP contribution in [-0.2, 0) is 16.1 Å². The molecule has 0 saturated carbocycles. The lowest BCUT2D eigenvalue weighted by atomic mass is 9.83. The largest absolute Gasteiger partial charge is 0.343 e. The number of para-hydroxylation sites is 1. The highest BCUT2D eigenvalue weighted by atomic mass is 32.2. The van der Waals surface area contributed by atoms with E-state index in [0.29, 0.717) is 11.6 Å². The molecule has 6 nitrogen and oxygen atoms in total. The number of rotatable bonds is 3. The predicted octanol–water partition coefficient (Wildman–Crippen LogP) is 3.32. The van der Waals surface area contributed by atoms with Crippen LogP contribution in [0.2, 0.25) is 0 Å². The van der Waals surface area contributed by atoms with Gasteiger partial charge in [0.1, 0.15) is 5.25 Å². The number of aromatic amines is 1. The van der Waals surface area contributed by atoms with Gasteiger partial charge in [0, 0.05) is 34.4 Å². The van der Waals surface area contributed by atoms with E-state index in [9.17, 15) is 14.4 Å². The van der Waals surface area contributed by atoms with E-state index in [0.717, 1.165) is 32.7 Å². The Labute approximate surface area is 185 Å². The smallest absolute Gasteiger partial charge is 0.305 e. The molecular weight excluding hydrogens is 430 g/mol. The fourth-order valence-corrected chi connectivity index (χ4v) is 7.18. The maximum absolute atomic E-state index is 12.8. The van der Waals surface area contributed by atoms with Gasteiger partial charge in [-0.3, -0.25) is 19.7 Å². The van der Waals surface area contributed by atoms with Crippen LogP contribution in [0.4, 0.5) is 0 Å². The molecule has 3 atom stereocenters. The van der Waals surface area contributed by atoms with Gasteiger partial charge < -0.3 is 9.55 Å². The Hall–Kier alpha value is -3.10. The van der Waals surface area contributed by atoms with Crippen LogP contribution in [-0.4, -0.2) is 26.6 Å². The van der Waals surface area contributed by atoms with Crippen molar-refractivity contribution in [1.29, 1.82) is 0 Å². The van der Waals surface area contributed by atoms with Gasteiger partial charge in [-0.25, -0.2) is 0 Å². The lowest BCUT2D eigenvalue weighted by Crippen LogP contribution is -2.31. The van der Waals surface area contributed by atoms with Gasteiger partial charge in [0.05, 0.1) is 10.9 Å². The molecule has 6 rings (SSSR count). The van der Waals surface area contributed by atoms with Crippen molar-refractivity contribution in [2.24, 2.45) is 5.92 Å². The SMILES string of the molecule is O=C1NC(=O)[C@@H]2Sc3[nH]c(=O)sc3[C@@H](c3cn(Cc4ccccc4)c4ccccc34)[C@H]12. The number of nitrogens with one attached hydrogen (secondary N) is 2. The first-order valence-corrected chi connectivity index (χ1v) is 11.7. The zero-order valence-corrected chi connectivity index (χ0v) is 17.8. The summed E-state index contributed by atoms with van der Waals surface area (Å²) in [7, 11) is 0. The topological polar surface area (TPSA) is 84.0 Å². The van der Waals surface area contributed by atoms with Crippen LogP contribution in [0.1, 0.15) is 21.9 Å².